The minimum Gasteiger partial charge on any atom is -0.450 e. The quantitative estimate of drug-likeness (QED) is 0.581. The van der Waals surface area contributed by atoms with Gasteiger partial charge in [-0.15, -0.1) is 0 Å². The van der Waals surface area contributed by atoms with Crippen LogP contribution in [0.1, 0.15) is 28.4 Å². The average molecular weight is 498 g/mol. The van der Waals surface area contributed by atoms with Crippen molar-refractivity contribution in [3.8, 4) is 0 Å². The Kier molecular flexibility index (Phi) is 7.50. The van der Waals surface area contributed by atoms with Crippen molar-refractivity contribution in [3.05, 3.63) is 75.9 Å². The molecule has 4 amide bonds. The molecular formula is C25H24FN3O5S. The van der Waals surface area contributed by atoms with E-state index in [1.54, 1.807) is 53.1 Å². The summed E-state index contributed by atoms with van der Waals surface area (Å²) < 4.78 is 18.5. The second kappa shape index (κ2) is 10.7. The molecule has 2 aromatic rings. The van der Waals surface area contributed by atoms with Crippen molar-refractivity contribution in [2.75, 3.05) is 32.8 Å². The van der Waals surface area contributed by atoms with Crippen LogP contribution in [0.2, 0.25) is 0 Å². The fraction of sp³-hybridized carbons (Fsp3) is 0.280. The third-order valence-electron chi connectivity index (χ3n) is 5.63. The molecule has 0 unspecified atom stereocenters. The van der Waals surface area contributed by atoms with Crippen molar-refractivity contribution in [3.63, 3.8) is 0 Å². The number of thioether (sulfide) groups is 1. The van der Waals surface area contributed by atoms with Gasteiger partial charge in [-0.25, -0.2) is 9.18 Å². The van der Waals surface area contributed by atoms with E-state index in [1.807, 2.05) is 0 Å². The molecule has 2 aliphatic heterocycles. The lowest BCUT2D eigenvalue weighted by molar-refractivity contribution is -0.123. The summed E-state index contributed by atoms with van der Waals surface area (Å²) in [4.78, 5) is 54.6. The molecule has 0 saturated carbocycles. The van der Waals surface area contributed by atoms with Gasteiger partial charge < -0.3 is 14.5 Å². The monoisotopic (exact) mass is 497 g/mol. The fourth-order valence-electron chi connectivity index (χ4n) is 3.86. The molecule has 2 fully saturated rings. The Morgan fingerprint density at radius 3 is 2.46 bits per heavy atom. The number of piperazine rings is 1. The Balaban J connectivity index is 1.43. The maximum absolute atomic E-state index is 13.5. The minimum atomic E-state index is -0.462. The molecule has 0 atom stereocenters. The summed E-state index contributed by atoms with van der Waals surface area (Å²) in [7, 11) is 0. The summed E-state index contributed by atoms with van der Waals surface area (Å²) in [5.74, 6) is -1.08. The molecule has 2 saturated heterocycles. The van der Waals surface area contributed by atoms with Gasteiger partial charge in [0.25, 0.3) is 17.1 Å². The van der Waals surface area contributed by atoms with E-state index in [0.717, 1.165) is 16.7 Å². The highest BCUT2D eigenvalue weighted by atomic mass is 32.2. The van der Waals surface area contributed by atoms with Crippen LogP contribution in [0.4, 0.5) is 14.0 Å². The number of hydrogen-bond acceptors (Lipinski definition) is 6. The molecule has 0 bridgehead atoms. The number of amides is 4. The van der Waals surface area contributed by atoms with Crippen molar-refractivity contribution in [1.82, 2.24) is 14.7 Å². The van der Waals surface area contributed by atoms with Crippen LogP contribution in [0.15, 0.2) is 53.4 Å². The predicted octanol–water partition coefficient (Wildman–Crippen LogP) is 3.98. The first-order chi connectivity index (χ1) is 16.9. The highest BCUT2D eigenvalue weighted by Gasteiger charge is 2.35. The van der Waals surface area contributed by atoms with Crippen molar-refractivity contribution in [2.24, 2.45) is 0 Å². The number of benzene rings is 2. The minimum absolute atomic E-state index is 0.0178. The van der Waals surface area contributed by atoms with Crippen molar-refractivity contribution in [2.45, 2.75) is 13.5 Å². The highest BCUT2D eigenvalue weighted by molar-refractivity contribution is 8.18. The summed E-state index contributed by atoms with van der Waals surface area (Å²) in [5, 5.41) is -0.433. The number of carbonyl (C=O) groups is 4. The molecule has 2 aromatic carbocycles. The molecule has 10 heteroatoms. The zero-order valence-electron chi connectivity index (χ0n) is 19.1. The van der Waals surface area contributed by atoms with Crippen molar-refractivity contribution < 1.29 is 28.3 Å². The molecule has 0 radical (unpaired) electrons. The van der Waals surface area contributed by atoms with Gasteiger partial charge in [0.05, 0.1) is 18.1 Å². The third kappa shape index (κ3) is 5.71. The van der Waals surface area contributed by atoms with Gasteiger partial charge in [0.1, 0.15) is 5.82 Å². The maximum atomic E-state index is 13.5. The molecule has 4 rings (SSSR count). The van der Waals surface area contributed by atoms with E-state index < -0.39 is 17.0 Å². The normalized spacial score (nSPS) is 17.3. The van der Waals surface area contributed by atoms with Gasteiger partial charge in [0.15, 0.2) is 0 Å². The number of hydrogen-bond donors (Lipinski definition) is 0. The summed E-state index contributed by atoms with van der Waals surface area (Å²) in [5.41, 5.74) is 1.57. The standard InChI is InChI=1S/C25H24FN3O5S/c1-2-34-24(32)28-11-9-27(10-12-28)22(30)19-7-3-5-17(13-19)15-21-23(31)29(25(33)35-21)16-18-6-4-8-20(26)14-18/h3-8,13-15H,2,9-12,16H2,1H3. The SMILES string of the molecule is CCOC(=O)N1CCN(C(=O)c2cccc(C=C3SC(=O)N(Cc4cccc(F)c4)C3=O)c2)CC1. The highest BCUT2D eigenvalue weighted by Crippen LogP contribution is 2.33. The van der Waals surface area contributed by atoms with Gasteiger partial charge in [-0.2, -0.15) is 0 Å². The third-order valence-corrected chi connectivity index (χ3v) is 6.53. The van der Waals surface area contributed by atoms with E-state index in [4.69, 9.17) is 4.74 Å². The first kappa shape index (κ1) is 24.5. The molecule has 182 valence electrons. The summed E-state index contributed by atoms with van der Waals surface area (Å²) in [6.07, 6.45) is 1.19. The number of ether oxygens (including phenoxy) is 1. The Bertz CT molecular complexity index is 1190. The number of nitrogens with zero attached hydrogens (tertiary/aromatic N) is 3. The van der Waals surface area contributed by atoms with E-state index in [-0.39, 0.29) is 23.5 Å². The molecule has 0 aromatic heterocycles. The maximum Gasteiger partial charge on any atom is 0.409 e. The van der Waals surface area contributed by atoms with Crippen molar-refractivity contribution in [1.29, 1.82) is 0 Å². The molecule has 0 spiro atoms. The lowest BCUT2D eigenvalue weighted by Crippen LogP contribution is -2.50. The zero-order valence-corrected chi connectivity index (χ0v) is 19.9. The smallest absolute Gasteiger partial charge is 0.409 e. The van der Waals surface area contributed by atoms with Gasteiger partial charge in [-0.1, -0.05) is 24.3 Å². The van der Waals surface area contributed by atoms with Crippen LogP contribution in [0.3, 0.4) is 0 Å². The molecule has 2 heterocycles. The van der Waals surface area contributed by atoms with Crippen LogP contribution in [-0.2, 0) is 16.1 Å². The van der Waals surface area contributed by atoms with Gasteiger partial charge in [0.2, 0.25) is 0 Å². The van der Waals surface area contributed by atoms with E-state index >= 15 is 0 Å². The van der Waals surface area contributed by atoms with Gasteiger partial charge in [0, 0.05) is 31.7 Å². The van der Waals surface area contributed by atoms with Crippen LogP contribution in [0, 0.1) is 5.82 Å². The van der Waals surface area contributed by atoms with Gasteiger partial charge in [-0.3, -0.25) is 19.3 Å². The van der Waals surface area contributed by atoms with E-state index in [0.29, 0.717) is 49.5 Å². The molecule has 0 N–H and O–H groups in total. The van der Waals surface area contributed by atoms with Crippen LogP contribution >= 0.6 is 11.8 Å². The summed E-state index contributed by atoms with van der Waals surface area (Å²) in [6.45, 7) is 3.59. The first-order valence-corrected chi connectivity index (χ1v) is 12.0. The number of halogens is 1. The Morgan fingerprint density at radius 1 is 1.03 bits per heavy atom. The first-order valence-electron chi connectivity index (χ1n) is 11.2. The topological polar surface area (TPSA) is 87.2 Å². The van der Waals surface area contributed by atoms with E-state index in [2.05, 4.69) is 0 Å². The predicted molar refractivity (Wildman–Crippen MR) is 129 cm³/mol. The van der Waals surface area contributed by atoms with Gasteiger partial charge >= 0.3 is 6.09 Å². The largest absolute Gasteiger partial charge is 0.450 e. The Labute approximate surface area is 206 Å². The van der Waals surface area contributed by atoms with Crippen LogP contribution < -0.4 is 0 Å². The number of carbonyl (C=O) groups excluding carboxylic acids is 4. The molecule has 0 aliphatic carbocycles. The van der Waals surface area contributed by atoms with E-state index in [1.165, 1.54) is 18.2 Å². The molecule has 2 aliphatic rings. The summed E-state index contributed by atoms with van der Waals surface area (Å²) >= 11 is 0.809. The average Bonchev–Trinajstić information content (AvgIpc) is 3.11. The van der Waals surface area contributed by atoms with Gasteiger partial charge in [-0.05, 0) is 60.2 Å². The fourth-order valence-corrected chi connectivity index (χ4v) is 4.69. The zero-order chi connectivity index (χ0) is 24.9. The molecule has 8 nitrogen and oxygen atoms in total. The second-order valence-electron chi connectivity index (χ2n) is 8.00. The number of imide groups is 1. The Morgan fingerprint density at radius 2 is 1.74 bits per heavy atom. The summed E-state index contributed by atoms with van der Waals surface area (Å²) in [6, 6.07) is 12.6. The Hall–Kier alpha value is -3.66. The second-order valence-corrected chi connectivity index (χ2v) is 8.99. The molecule has 35 heavy (non-hydrogen) atoms. The van der Waals surface area contributed by atoms with Crippen LogP contribution in [-0.4, -0.2) is 70.6 Å². The lowest BCUT2D eigenvalue weighted by atomic mass is 10.1. The van der Waals surface area contributed by atoms with Crippen LogP contribution in [0.25, 0.3) is 6.08 Å². The van der Waals surface area contributed by atoms with Crippen LogP contribution in [0.5, 0.6) is 0 Å². The van der Waals surface area contributed by atoms with E-state index in [9.17, 15) is 23.6 Å². The molecular weight excluding hydrogens is 473 g/mol. The number of rotatable bonds is 5. The van der Waals surface area contributed by atoms with Crippen molar-refractivity contribution >= 4 is 41.0 Å². The lowest BCUT2D eigenvalue weighted by Gasteiger charge is -2.34.